The molecule has 1 aliphatic heterocycles. The standard InChI is InChI=1S/C10H12FN2O10P/c11-4-2-13(9(17)12-7(4)14)6-1-10(18,8(15)16)5(23-6)3-22-24(19,20)21/h2,5-6,18H,1,3H2,(H,15,16)(H,12,14,17)(H2,19,20,21)/t5-,6-,10+/m1/s1. The highest BCUT2D eigenvalue weighted by Gasteiger charge is 2.54. The van der Waals surface area contributed by atoms with Crippen molar-refractivity contribution in [1.29, 1.82) is 0 Å². The molecule has 0 aromatic carbocycles. The fourth-order valence-corrected chi connectivity index (χ4v) is 2.48. The maximum Gasteiger partial charge on any atom is 0.469 e. The third-order valence-corrected chi connectivity index (χ3v) is 3.82. The molecule has 14 heteroatoms. The lowest BCUT2D eigenvalue weighted by atomic mass is 9.95. The number of halogens is 1. The predicted octanol–water partition coefficient (Wildman–Crippen LogP) is -2.11. The third-order valence-electron chi connectivity index (χ3n) is 3.34. The number of H-pyrrole nitrogens is 1. The Morgan fingerprint density at radius 1 is 1.54 bits per heavy atom. The molecule has 3 atom stereocenters. The van der Waals surface area contributed by atoms with E-state index in [4.69, 9.17) is 19.6 Å². The highest BCUT2D eigenvalue weighted by molar-refractivity contribution is 7.46. The number of ether oxygens (including phenoxy) is 1. The summed E-state index contributed by atoms with van der Waals surface area (Å²) in [6, 6.07) is 0. The van der Waals surface area contributed by atoms with Crippen LogP contribution in [0.5, 0.6) is 0 Å². The van der Waals surface area contributed by atoms with E-state index < -0.39 is 61.8 Å². The Morgan fingerprint density at radius 3 is 2.71 bits per heavy atom. The van der Waals surface area contributed by atoms with Gasteiger partial charge in [0.15, 0.2) is 5.60 Å². The molecule has 0 bridgehead atoms. The zero-order chi connectivity index (χ0) is 18.3. The van der Waals surface area contributed by atoms with Crippen LogP contribution in [0.15, 0.2) is 15.8 Å². The van der Waals surface area contributed by atoms with Gasteiger partial charge in [-0.2, -0.15) is 4.39 Å². The smallest absolute Gasteiger partial charge is 0.469 e. The Hall–Kier alpha value is -1.89. The summed E-state index contributed by atoms with van der Waals surface area (Å²) in [5, 5.41) is 19.2. The quantitative estimate of drug-likeness (QED) is 0.359. The molecule has 5 N–H and O–H groups in total. The zero-order valence-corrected chi connectivity index (χ0v) is 12.6. The molecule has 0 aliphatic carbocycles. The van der Waals surface area contributed by atoms with Crippen molar-refractivity contribution in [3.63, 3.8) is 0 Å². The molecule has 2 heterocycles. The number of phosphoric acid groups is 1. The summed E-state index contributed by atoms with van der Waals surface area (Å²) in [5.41, 5.74) is -5.09. The molecule has 1 aliphatic rings. The molecule has 134 valence electrons. The summed E-state index contributed by atoms with van der Waals surface area (Å²) in [5.74, 6) is -3.16. The zero-order valence-electron chi connectivity index (χ0n) is 11.7. The summed E-state index contributed by atoms with van der Waals surface area (Å²) < 4.78 is 33.7. The van der Waals surface area contributed by atoms with Gasteiger partial charge in [0.05, 0.1) is 12.8 Å². The number of nitrogens with one attached hydrogen (secondary N) is 1. The normalized spacial score (nSPS) is 27.3. The second-order valence-corrected chi connectivity index (χ2v) is 6.18. The molecule has 1 saturated heterocycles. The lowest BCUT2D eigenvalue weighted by Gasteiger charge is -2.23. The largest absolute Gasteiger partial charge is 0.479 e. The predicted molar refractivity (Wildman–Crippen MR) is 70.4 cm³/mol. The van der Waals surface area contributed by atoms with Gasteiger partial charge in [-0.25, -0.2) is 14.2 Å². The van der Waals surface area contributed by atoms with Gasteiger partial charge in [0, 0.05) is 6.42 Å². The molecule has 24 heavy (non-hydrogen) atoms. The first kappa shape index (κ1) is 18.4. The number of carbonyl (C=O) groups is 1. The van der Waals surface area contributed by atoms with Crippen LogP contribution < -0.4 is 11.2 Å². The van der Waals surface area contributed by atoms with Crippen molar-refractivity contribution in [3.05, 3.63) is 32.9 Å². The molecule has 0 saturated carbocycles. The number of rotatable bonds is 5. The minimum Gasteiger partial charge on any atom is -0.479 e. The number of aliphatic hydroxyl groups is 1. The van der Waals surface area contributed by atoms with Crippen molar-refractivity contribution >= 4 is 13.8 Å². The molecule has 0 spiro atoms. The fraction of sp³-hybridized carbons (Fsp3) is 0.500. The molecule has 1 aromatic rings. The van der Waals surface area contributed by atoms with Gasteiger partial charge in [-0.1, -0.05) is 0 Å². The number of phosphoric ester groups is 1. The van der Waals surface area contributed by atoms with Crippen LogP contribution in [0.25, 0.3) is 0 Å². The Balaban J connectivity index is 2.34. The number of carboxylic acids is 1. The minimum absolute atomic E-state index is 0.459. The molecular weight excluding hydrogens is 358 g/mol. The van der Waals surface area contributed by atoms with Crippen molar-refractivity contribution in [3.8, 4) is 0 Å². The van der Waals surface area contributed by atoms with Crippen LogP contribution in [0.1, 0.15) is 12.6 Å². The van der Waals surface area contributed by atoms with Crippen molar-refractivity contribution in [2.24, 2.45) is 0 Å². The molecule has 0 unspecified atom stereocenters. The summed E-state index contributed by atoms with van der Waals surface area (Å²) >= 11 is 0. The van der Waals surface area contributed by atoms with E-state index in [0.29, 0.717) is 10.8 Å². The van der Waals surface area contributed by atoms with Gasteiger partial charge < -0.3 is 24.7 Å². The maximum absolute atomic E-state index is 13.3. The van der Waals surface area contributed by atoms with Gasteiger partial charge in [0.2, 0.25) is 5.82 Å². The van der Waals surface area contributed by atoms with Crippen LogP contribution in [0.3, 0.4) is 0 Å². The van der Waals surface area contributed by atoms with Gasteiger partial charge in [-0.15, -0.1) is 0 Å². The summed E-state index contributed by atoms with van der Waals surface area (Å²) in [6.45, 7) is -1.01. The molecule has 1 aromatic heterocycles. The number of carboxylic acid groups (broad SMARTS) is 1. The van der Waals surface area contributed by atoms with Crippen LogP contribution in [0, 0.1) is 5.82 Å². The monoisotopic (exact) mass is 370 g/mol. The Bertz CT molecular complexity index is 815. The first-order chi connectivity index (χ1) is 10.9. The van der Waals surface area contributed by atoms with Crippen molar-refractivity contribution in [1.82, 2.24) is 9.55 Å². The lowest BCUT2D eigenvalue weighted by molar-refractivity contribution is -0.166. The number of aliphatic carboxylic acids is 1. The summed E-state index contributed by atoms with van der Waals surface area (Å²) in [4.78, 5) is 52.8. The topological polar surface area (TPSA) is 188 Å². The van der Waals surface area contributed by atoms with E-state index in [-0.39, 0.29) is 0 Å². The molecule has 12 nitrogen and oxygen atoms in total. The minimum atomic E-state index is -4.98. The molecular formula is C10H12FN2O10P. The van der Waals surface area contributed by atoms with Gasteiger partial charge in [0.25, 0.3) is 5.56 Å². The average Bonchev–Trinajstić information content (AvgIpc) is 2.78. The Labute approximate surface area is 131 Å². The number of nitrogens with zero attached hydrogens (tertiary/aromatic N) is 1. The van der Waals surface area contributed by atoms with Crippen LogP contribution in [0.2, 0.25) is 0 Å². The molecule has 0 radical (unpaired) electrons. The van der Waals surface area contributed by atoms with Crippen LogP contribution in [-0.2, 0) is 18.6 Å². The maximum atomic E-state index is 13.3. The van der Waals surface area contributed by atoms with E-state index in [2.05, 4.69) is 4.52 Å². The second kappa shape index (κ2) is 6.20. The lowest BCUT2D eigenvalue weighted by Crippen LogP contribution is -2.48. The highest BCUT2D eigenvalue weighted by Crippen LogP contribution is 2.41. The van der Waals surface area contributed by atoms with E-state index >= 15 is 0 Å². The Morgan fingerprint density at radius 2 is 2.17 bits per heavy atom. The van der Waals surface area contributed by atoms with Crippen molar-refractivity contribution < 1.29 is 43.0 Å². The number of hydrogen-bond donors (Lipinski definition) is 5. The van der Waals surface area contributed by atoms with E-state index in [9.17, 15) is 28.4 Å². The molecule has 0 amide bonds. The average molecular weight is 370 g/mol. The SMILES string of the molecule is O=C(O)[C@]1(O)C[C@H](n2cc(F)c(=O)[nH]c2=O)O[C@@H]1COP(=O)(O)O. The fourth-order valence-electron chi connectivity index (χ4n) is 2.15. The van der Waals surface area contributed by atoms with E-state index in [1.54, 1.807) is 4.98 Å². The van der Waals surface area contributed by atoms with Gasteiger partial charge >= 0.3 is 19.5 Å². The highest BCUT2D eigenvalue weighted by atomic mass is 31.2. The first-order valence-corrected chi connectivity index (χ1v) is 7.79. The second-order valence-electron chi connectivity index (χ2n) is 4.94. The summed E-state index contributed by atoms with van der Waals surface area (Å²) in [7, 11) is -4.98. The van der Waals surface area contributed by atoms with Gasteiger partial charge in [0.1, 0.15) is 12.3 Å². The summed E-state index contributed by atoms with van der Waals surface area (Å²) in [6.07, 6.45) is -3.59. The number of aromatic nitrogens is 2. The third kappa shape index (κ3) is 3.61. The van der Waals surface area contributed by atoms with Crippen LogP contribution >= 0.6 is 7.82 Å². The van der Waals surface area contributed by atoms with Crippen molar-refractivity contribution in [2.45, 2.75) is 24.4 Å². The number of hydrogen-bond acceptors (Lipinski definition) is 7. The van der Waals surface area contributed by atoms with Crippen LogP contribution in [-0.4, -0.2) is 53.8 Å². The molecule has 2 rings (SSSR count). The van der Waals surface area contributed by atoms with Gasteiger partial charge in [-0.05, 0) is 0 Å². The van der Waals surface area contributed by atoms with E-state index in [1.807, 2.05) is 0 Å². The number of aromatic amines is 1. The van der Waals surface area contributed by atoms with E-state index in [1.165, 1.54) is 0 Å². The van der Waals surface area contributed by atoms with Gasteiger partial charge in [-0.3, -0.25) is 18.9 Å². The van der Waals surface area contributed by atoms with E-state index in [0.717, 1.165) is 0 Å². The Kier molecular flexibility index (Phi) is 4.77. The first-order valence-electron chi connectivity index (χ1n) is 6.26. The van der Waals surface area contributed by atoms with Crippen molar-refractivity contribution in [2.75, 3.05) is 6.61 Å². The molecule has 1 fully saturated rings. The van der Waals surface area contributed by atoms with Crippen LogP contribution in [0.4, 0.5) is 4.39 Å².